The first-order valence-corrected chi connectivity index (χ1v) is 6.91. The van der Waals surface area contributed by atoms with Crippen molar-refractivity contribution in [1.82, 2.24) is 9.80 Å². The van der Waals surface area contributed by atoms with Crippen LogP contribution < -0.4 is 5.73 Å². The molecule has 0 aromatic rings. The SMILES string of the molecule is CCCC(C(N)=S)N1CCN(CCCF)CC1. The zero-order valence-corrected chi connectivity index (χ0v) is 11.5. The third kappa shape index (κ3) is 4.85. The molecule has 1 fully saturated rings. The summed E-state index contributed by atoms with van der Waals surface area (Å²) in [5.41, 5.74) is 5.80. The Balaban J connectivity index is 2.36. The minimum Gasteiger partial charge on any atom is -0.392 e. The lowest BCUT2D eigenvalue weighted by Gasteiger charge is -2.38. The Morgan fingerprint density at radius 1 is 1.35 bits per heavy atom. The van der Waals surface area contributed by atoms with Crippen molar-refractivity contribution in [3.63, 3.8) is 0 Å². The lowest BCUT2D eigenvalue weighted by molar-refractivity contribution is 0.112. The molecule has 3 nitrogen and oxygen atoms in total. The van der Waals surface area contributed by atoms with E-state index in [1.807, 2.05) is 0 Å². The molecular formula is C12H24FN3S. The smallest absolute Gasteiger partial charge is 0.0906 e. The first-order chi connectivity index (χ1) is 8.19. The number of piperazine rings is 1. The van der Waals surface area contributed by atoms with Crippen molar-refractivity contribution in [2.45, 2.75) is 32.2 Å². The molecule has 1 atom stereocenters. The maximum Gasteiger partial charge on any atom is 0.0906 e. The van der Waals surface area contributed by atoms with Gasteiger partial charge in [-0.15, -0.1) is 0 Å². The van der Waals surface area contributed by atoms with Gasteiger partial charge in [0.05, 0.1) is 17.7 Å². The van der Waals surface area contributed by atoms with Gasteiger partial charge in [-0.1, -0.05) is 25.6 Å². The highest BCUT2D eigenvalue weighted by atomic mass is 32.1. The van der Waals surface area contributed by atoms with E-state index < -0.39 is 0 Å². The predicted molar refractivity (Wildman–Crippen MR) is 74.1 cm³/mol. The van der Waals surface area contributed by atoms with Crippen LogP contribution in [0.5, 0.6) is 0 Å². The van der Waals surface area contributed by atoms with E-state index in [1.165, 1.54) is 0 Å². The van der Waals surface area contributed by atoms with Crippen molar-refractivity contribution in [2.75, 3.05) is 39.4 Å². The van der Waals surface area contributed by atoms with Gasteiger partial charge in [0, 0.05) is 32.7 Å². The molecule has 1 aliphatic heterocycles. The van der Waals surface area contributed by atoms with Crippen LogP contribution in [0, 0.1) is 0 Å². The van der Waals surface area contributed by atoms with E-state index in [4.69, 9.17) is 18.0 Å². The van der Waals surface area contributed by atoms with Gasteiger partial charge in [-0.2, -0.15) is 0 Å². The quantitative estimate of drug-likeness (QED) is 0.703. The van der Waals surface area contributed by atoms with Gasteiger partial charge in [0.15, 0.2) is 0 Å². The molecular weight excluding hydrogens is 237 g/mol. The topological polar surface area (TPSA) is 32.5 Å². The van der Waals surface area contributed by atoms with Crippen molar-refractivity contribution in [1.29, 1.82) is 0 Å². The third-order valence-electron chi connectivity index (χ3n) is 3.35. The van der Waals surface area contributed by atoms with Gasteiger partial charge in [-0.3, -0.25) is 9.29 Å². The summed E-state index contributed by atoms with van der Waals surface area (Å²) in [6, 6.07) is 0.248. The van der Waals surface area contributed by atoms with Crippen LogP contribution in [0.2, 0.25) is 0 Å². The molecule has 1 aliphatic rings. The van der Waals surface area contributed by atoms with Crippen molar-refractivity contribution in [2.24, 2.45) is 5.73 Å². The molecule has 1 rings (SSSR count). The van der Waals surface area contributed by atoms with E-state index in [2.05, 4.69) is 16.7 Å². The highest BCUT2D eigenvalue weighted by Gasteiger charge is 2.24. The van der Waals surface area contributed by atoms with Gasteiger partial charge in [-0.25, -0.2) is 0 Å². The van der Waals surface area contributed by atoms with E-state index in [0.717, 1.165) is 45.6 Å². The minimum atomic E-state index is -0.217. The van der Waals surface area contributed by atoms with Gasteiger partial charge in [-0.05, 0) is 12.8 Å². The first-order valence-electron chi connectivity index (χ1n) is 6.50. The Labute approximate surface area is 109 Å². The van der Waals surface area contributed by atoms with Gasteiger partial charge >= 0.3 is 0 Å². The molecule has 0 amide bonds. The van der Waals surface area contributed by atoms with Crippen molar-refractivity contribution in [3.8, 4) is 0 Å². The first kappa shape index (κ1) is 14.8. The molecule has 0 spiro atoms. The molecule has 1 heterocycles. The summed E-state index contributed by atoms with van der Waals surface area (Å²) in [6.45, 7) is 6.80. The number of hydrogen-bond acceptors (Lipinski definition) is 3. The van der Waals surface area contributed by atoms with E-state index in [-0.39, 0.29) is 12.7 Å². The number of nitrogens with two attached hydrogens (primary N) is 1. The van der Waals surface area contributed by atoms with Gasteiger partial charge in [0.25, 0.3) is 0 Å². The standard InChI is InChI=1S/C12H24FN3S/c1-2-4-11(12(14)17)16-9-7-15(8-10-16)6-3-5-13/h11H,2-10H2,1H3,(H2,14,17). The summed E-state index contributed by atoms with van der Waals surface area (Å²) >= 11 is 5.14. The van der Waals surface area contributed by atoms with Crippen LogP contribution in [0.4, 0.5) is 4.39 Å². The fraction of sp³-hybridized carbons (Fsp3) is 0.917. The molecule has 1 unspecified atom stereocenters. The summed E-state index contributed by atoms with van der Waals surface area (Å²) in [4.78, 5) is 5.31. The zero-order chi connectivity index (χ0) is 12.7. The molecule has 17 heavy (non-hydrogen) atoms. The lowest BCUT2D eigenvalue weighted by atomic mass is 10.1. The van der Waals surface area contributed by atoms with Crippen LogP contribution >= 0.6 is 12.2 Å². The van der Waals surface area contributed by atoms with Crippen molar-refractivity contribution >= 4 is 17.2 Å². The average molecular weight is 261 g/mol. The highest BCUT2D eigenvalue weighted by molar-refractivity contribution is 7.80. The molecule has 100 valence electrons. The number of hydrogen-bond donors (Lipinski definition) is 1. The van der Waals surface area contributed by atoms with Gasteiger partial charge in [0.1, 0.15) is 0 Å². The average Bonchev–Trinajstić information content (AvgIpc) is 2.34. The van der Waals surface area contributed by atoms with Crippen LogP contribution in [-0.2, 0) is 0 Å². The van der Waals surface area contributed by atoms with Crippen LogP contribution in [0.1, 0.15) is 26.2 Å². The zero-order valence-electron chi connectivity index (χ0n) is 10.7. The Morgan fingerprint density at radius 2 is 2.00 bits per heavy atom. The Hall–Kier alpha value is -0.260. The summed E-state index contributed by atoms with van der Waals surface area (Å²) < 4.78 is 12.1. The minimum absolute atomic E-state index is 0.217. The molecule has 0 aromatic heterocycles. The summed E-state index contributed by atoms with van der Waals surface area (Å²) in [5, 5.41) is 0. The maximum atomic E-state index is 12.1. The molecule has 5 heteroatoms. The monoisotopic (exact) mass is 261 g/mol. The lowest BCUT2D eigenvalue weighted by Crippen LogP contribution is -2.53. The second kappa shape index (κ2) is 7.95. The van der Waals surface area contributed by atoms with Crippen molar-refractivity contribution < 1.29 is 4.39 Å². The third-order valence-corrected chi connectivity index (χ3v) is 3.62. The Bertz CT molecular complexity index is 230. The largest absolute Gasteiger partial charge is 0.392 e. The van der Waals surface area contributed by atoms with E-state index in [1.54, 1.807) is 0 Å². The second-order valence-corrected chi connectivity index (χ2v) is 5.10. The second-order valence-electron chi connectivity index (χ2n) is 4.63. The fourth-order valence-electron chi connectivity index (χ4n) is 2.36. The molecule has 0 saturated carbocycles. The fourth-order valence-corrected chi connectivity index (χ4v) is 2.63. The van der Waals surface area contributed by atoms with Crippen LogP contribution in [0.3, 0.4) is 0 Å². The molecule has 0 radical (unpaired) electrons. The summed E-state index contributed by atoms with van der Waals surface area (Å²) in [7, 11) is 0. The molecule has 0 bridgehead atoms. The van der Waals surface area contributed by atoms with E-state index in [0.29, 0.717) is 11.4 Å². The van der Waals surface area contributed by atoms with E-state index in [9.17, 15) is 4.39 Å². The maximum absolute atomic E-state index is 12.1. The summed E-state index contributed by atoms with van der Waals surface area (Å²) in [6.07, 6.45) is 2.79. The number of halogens is 1. The number of thiocarbonyl (C=S) groups is 1. The predicted octanol–water partition coefficient (Wildman–Crippen LogP) is 1.42. The Kier molecular flexibility index (Phi) is 6.92. The number of rotatable bonds is 7. The summed E-state index contributed by atoms with van der Waals surface area (Å²) in [5.74, 6) is 0. The van der Waals surface area contributed by atoms with E-state index >= 15 is 0 Å². The van der Waals surface area contributed by atoms with Crippen LogP contribution in [-0.4, -0.2) is 60.2 Å². The molecule has 0 aliphatic carbocycles. The van der Waals surface area contributed by atoms with Gasteiger partial charge < -0.3 is 10.6 Å². The van der Waals surface area contributed by atoms with Crippen molar-refractivity contribution in [3.05, 3.63) is 0 Å². The molecule has 1 saturated heterocycles. The molecule has 2 N–H and O–H groups in total. The number of alkyl halides is 1. The highest BCUT2D eigenvalue weighted by Crippen LogP contribution is 2.11. The van der Waals surface area contributed by atoms with Crippen LogP contribution in [0.25, 0.3) is 0 Å². The Morgan fingerprint density at radius 3 is 2.47 bits per heavy atom. The normalized spacial score (nSPS) is 20.4. The van der Waals surface area contributed by atoms with Gasteiger partial charge in [0.2, 0.25) is 0 Å². The van der Waals surface area contributed by atoms with Crippen LogP contribution in [0.15, 0.2) is 0 Å². The molecule has 0 aromatic carbocycles. The number of nitrogens with zero attached hydrogens (tertiary/aromatic N) is 2.